The first-order chi connectivity index (χ1) is 11.6. The Morgan fingerprint density at radius 3 is 2.33 bits per heavy atom. The van der Waals surface area contributed by atoms with Crippen molar-refractivity contribution in [3.8, 4) is 0 Å². The highest BCUT2D eigenvalue weighted by Gasteiger charge is 2.58. The number of aliphatic imine (C=N–C) groups is 1. The number of carbonyl (C=O) groups excluding carboxylic acids is 2. The Morgan fingerprint density at radius 2 is 1.71 bits per heavy atom. The molecular formula is C20H19NO3. The molecular weight excluding hydrogens is 302 g/mol. The second kappa shape index (κ2) is 6.40. The molecule has 1 heterocycles. The van der Waals surface area contributed by atoms with Crippen LogP contribution in [-0.2, 0) is 9.53 Å². The van der Waals surface area contributed by atoms with E-state index in [1.165, 1.54) is 0 Å². The Hall–Kier alpha value is -2.75. The SMILES string of the molecule is CCCC(=O)OC1(C(=O)c2ccc(C)cc2)N=C1c1ccccc1. The van der Waals surface area contributed by atoms with Crippen molar-refractivity contribution in [1.82, 2.24) is 0 Å². The highest BCUT2D eigenvalue weighted by Crippen LogP contribution is 2.37. The number of benzene rings is 2. The van der Waals surface area contributed by atoms with E-state index in [0.29, 0.717) is 17.7 Å². The van der Waals surface area contributed by atoms with Crippen LogP contribution in [0.15, 0.2) is 59.6 Å². The standard InChI is InChI=1S/C20H19NO3/c1-3-7-17(22)24-20(18(21-20)15-8-5-4-6-9-15)19(23)16-12-10-14(2)11-13-16/h4-6,8-13H,3,7H2,1-2H3. The number of aryl methyl sites for hydroxylation is 1. The van der Waals surface area contributed by atoms with Gasteiger partial charge in [0.25, 0.3) is 0 Å². The summed E-state index contributed by atoms with van der Waals surface area (Å²) in [5, 5.41) is 0. The molecule has 24 heavy (non-hydrogen) atoms. The van der Waals surface area contributed by atoms with Crippen LogP contribution in [-0.4, -0.2) is 23.2 Å². The molecule has 0 saturated heterocycles. The van der Waals surface area contributed by atoms with Crippen LogP contribution in [0.25, 0.3) is 0 Å². The number of esters is 1. The number of carbonyl (C=O) groups is 2. The Bertz CT molecular complexity index is 793. The van der Waals surface area contributed by atoms with Crippen molar-refractivity contribution in [3.63, 3.8) is 0 Å². The maximum Gasteiger partial charge on any atom is 0.310 e. The number of rotatable bonds is 6. The van der Waals surface area contributed by atoms with Gasteiger partial charge >= 0.3 is 11.7 Å². The molecule has 0 amide bonds. The minimum Gasteiger partial charge on any atom is -0.423 e. The van der Waals surface area contributed by atoms with Crippen molar-refractivity contribution in [2.24, 2.45) is 4.99 Å². The maximum atomic E-state index is 13.0. The Morgan fingerprint density at radius 1 is 1.04 bits per heavy atom. The van der Waals surface area contributed by atoms with Crippen LogP contribution in [0.2, 0.25) is 0 Å². The summed E-state index contributed by atoms with van der Waals surface area (Å²) in [6.07, 6.45) is 0.925. The van der Waals surface area contributed by atoms with Gasteiger partial charge in [0.15, 0.2) is 0 Å². The van der Waals surface area contributed by atoms with Crippen LogP contribution in [0, 0.1) is 6.92 Å². The van der Waals surface area contributed by atoms with Crippen LogP contribution in [0.4, 0.5) is 0 Å². The van der Waals surface area contributed by atoms with Crippen molar-refractivity contribution >= 4 is 17.5 Å². The number of hydrogen-bond acceptors (Lipinski definition) is 4. The fourth-order valence-electron chi connectivity index (χ4n) is 2.58. The molecule has 2 aromatic rings. The van der Waals surface area contributed by atoms with Gasteiger partial charge in [-0.25, -0.2) is 4.99 Å². The summed E-state index contributed by atoms with van der Waals surface area (Å²) in [5.74, 6) is -0.710. The van der Waals surface area contributed by atoms with Crippen LogP contribution < -0.4 is 0 Å². The highest BCUT2D eigenvalue weighted by atomic mass is 16.6. The molecule has 1 unspecified atom stereocenters. The molecule has 0 fully saturated rings. The zero-order valence-corrected chi connectivity index (χ0v) is 13.8. The third-order valence-corrected chi connectivity index (χ3v) is 3.92. The van der Waals surface area contributed by atoms with E-state index in [9.17, 15) is 9.59 Å². The molecule has 0 N–H and O–H groups in total. The van der Waals surface area contributed by atoms with E-state index in [-0.39, 0.29) is 12.2 Å². The summed E-state index contributed by atoms with van der Waals surface area (Å²) in [4.78, 5) is 29.3. The van der Waals surface area contributed by atoms with Crippen molar-refractivity contribution < 1.29 is 14.3 Å². The monoisotopic (exact) mass is 321 g/mol. The molecule has 0 aromatic heterocycles. The predicted octanol–water partition coefficient (Wildman–Crippen LogP) is 3.72. The van der Waals surface area contributed by atoms with E-state index < -0.39 is 11.7 Å². The van der Waals surface area contributed by atoms with Gasteiger partial charge in [0.05, 0.1) is 0 Å². The highest BCUT2D eigenvalue weighted by molar-refractivity contribution is 6.33. The number of hydrogen-bond donors (Lipinski definition) is 0. The first-order valence-corrected chi connectivity index (χ1v) is 8.06. The van der Waals surface area contributed by atoms with Gasteiger partial charge in [-0.05, 0) is 13.3 Å². The molecule has 1 aliphatic heterocycles. The molecule has 2 aromatic carbocycles. The van der Waals surface area contributed by atoms with Gasteiger partial charge in [0.1, 0.15) is 5.71 Å². The van der Waals surface area contributed by atoms with E-state index in [2.05, 4.69) is 4.99 Å². The Labute approximate surface area is 141 Å². The largest absolute Gasteiger partial charge is 0.423 e. The van der Waals surface area contributed by atoms with Crippen molar-refractivity contribution in [1.29, 1.82) is 0 Å². The molecule has 4 nitrogen and oxygen atoms in total. The second-order valence-corrected chi connectivity index (χ2v) is 5.89. The fourth-order valence-corrected chi connectivity index (χ4v) is 2.58. The lowest BCUT2D eigenvalue weighted by atomic mass is 9.98. The molecule has 1 atom stereocenters. The first-order valence-electron chi connectivity index (χ1n) is 8.06. The summed E-state index contributed by atoms with van der Waals surface area (Å²) in [7, 11) is 0. The van der Waals surface area contributed by atoms with Gasteiger partial charge in [-0.2, -0.15) is 0 Å². The molecule has 1 aliphatic rings. The van der Waals surface area contributed by atoms with Gasteiger partial charge in [-0.1, -0.05) is 67.1 Å². The van der Waals surface area contributed by atoms with Crippen molar-refractivity contribution in [2.75, 3.05) is 0 Å². The smallest absolute Gasteiger partial charge is 0.310 e. The summed E-state index contributed by atoms with van der Waals surface area (Å²) in [5.41, 5.74) is 1.35. The van der Waals surface area contributed by atoms with Crippen LogP contribution in [0.3, 0.4) is 0 Å². The number of nitrogens with zero attached hydrogens (tertiary/aromatic N) is 1. The topological polar surface area (TPSA) is 55.7 Å². The van der Waals surface area contributed by atoms with Crippen LogP contribution in [0.1, 0.15) is 41.3 Å². The van der Waals surface area contributed by atoms with E-state index in [1.54, 1.807) is 12.1 Å². The van der Waals surface area contributed by atoms with Crippen molar-refractivity contribution in [2.45, 2.75) is 32.4 Å². The number of ketones is 1. The van der Waals surface area contributed by atoms with Gasteiger partial charge in [-0.3, -0.25) is 9.59 Å². The predicted molar refractivity (Wildman–Crippen MR) is 92.2 cm³/mol. The van der Waals surface area contributed by atoms with Crippen LogP contribution >= 0.6 is 0 Å². The average molecular weight is 321 g/mol. The van der Waals surface area contributed by atoms with Gasteiger partial charge in [-0.15, -0.1) is 0 Å². The van der Waals surface area contributed by atoms with E-state index in [4.69, 9.17) is 4.74 Å². The van der Waals surface area contributed by atoms with Crippen LogP contribution in [0.5, 0.6) is 0 Å². The molecule has 0 bridgehead atoms. The van der Waals surface area contributed by atoms with Gasteiger partial charge < -0.3 is 4.74 Å². The lowest BCUT2D eigenvalue weighted by molar-refractivity contribution is -0.148. The molecule has 0 spiro atoms. The number of Topliss-reactive ketones (excluding diaryl/α,β-unsaturated/α-hetero) is 1. The third-order valence-electron chi connectivity index (χ3n) is 3.92. The molecule has 122 valence electrons. The Balaban J connectivity index is 1.91. The zero-order valence-electron chi connectivity index (χ0n) is 13.8. The number of ether oxygens (including phenoxy) is 1. The molecule has 0 aliphatic carbocycles. The second-order valence-electron chi connectivity index (χ2n) is 5.89. The maximum absolute atomic E-state index is 13.0. The lowest BCUT2D eigenvalue weighted by Crippen LogP contribution is -2.36. The van der Waals surface area contributed by atoms with E-state index in [1.807, 2.05) is 56.3 Å². The van der Waals surface area contributed by atoms with Crippen molar-refractivity contribution in [3.05, 3.63) is 71.3 Å². The first kappa shape index (κ1) is 16.1. The van der Waals surface area contributed by atoms with Gasteiger partial charge in [0.2, 0.25) is 5.78 Å². The lowest BCUT2D eigenvalue weighted by Gasteiger charge is -2.16. The fraction of sp³-hybridized carbons (Fsp3) is 0.250. The van der Waals surface area contributed by atoms with E-state index >= 15 is 0 Å². The minimum absolute atomic E-state index is 0.264. The Kier molecular flexibility index (Phi) is 4.30. The minimum atomic E-state index is -1.50. The van der Waals surface area contributed by atoms with Gasteiger partial charge in [0, 0.05) is 17.5 Å². The zero-order chi connectivity index (χ0) is 17.2. The normalized spacial score (nSPS) is 18.7. The molecule has 0 radical (unpaired) electrons. The quantitative estimate of drug-likeness (QED) is 0.602. The van der Waals surface area contributed by atoms with E-state index in [0.717, 1.165) is 11.1 Å². The molecule has 0 saturated carbocycles. The summed E-state index contributed by atoms with van der Waals surface area (Å²) >= 11 is 0. The average Bonchev–Trinajstić information content (AvgIpc) is 3.31. The summed E-state index contributed by atoms with van der Waals surface area (Å²) in [6.45, 7) is 3.84. The molecule has 4 heteroatoms. The summed E-state index contributed by atoms with van der Waals surface area (Å²) < 4.78 is 5.51. The summed E-state index contributed by atoms with van der Waals surface area (Å²) in [6, 6.07) is 16.5. The molecule has 3 rings (SSSR count). The third kappa shape index (κ3) is 3.00.